The third-order valence-corrected chi connectivity index (χ3v) is 7.31. The monoisotopic (exact) mass is 503 g/mol. The molecule has 2 amide bonds. The number of aromatic nitrogens is 1. The standard InChI is InChI=1S/C29H33N3O5/c1-16(2)12-13-31-14-19-24(18-10-11-23(35-4)28(37-6)27(18)36-5)26-21(15-32(17(3)33)29(26)34)30-20-8-7-9-22(31)25(19)20/h7-11,14,16,24,30H,12-13,15H2,1-6H3. The summed E-state index contributed by atoms with van der Waals surface area (Å²) in [7, 11) is 4.73. The lowest BCUT2D eigenvalue weighted by Crippen LogP contribution is -2.33. The zero-order valence-corrected chi connectivity index (χ0v) is 22.2. The van der Waals surface area contributed by atoms with Crippen LogP contribution in [0.3, 0.4) is 0 Å². The Morgan fingerprint density at radius 2 is 1.81 bits per heavy atom. The van der Waals surface area contributed by atoms with Crippen LogP contribution in [-0.2, 0) is 16.1 Å². The van der Waals surface area contributed by atoms with Crippen molar-refractivity contribution in [3.63, 3.8) is 0 Å². The first-order chi connectivity index (χ1) is 17.8. The average molecular weight is 504 g/mol. The number of rotatable bonds is 7. The van der Waals surface area contributed by atoms with Gasteiger partial charge in [0.2, 0.25) is 11.7 Å². The molecule has 0 saturated carbocycles. The van der Waals surface area contributed by atoms with Gasteiger partial charge in [0.15, 0.2) is 11.5 Å². The molecule has 0 bridgehead atoms. The van der Waals surface area contributed by atoms with Gasteiger partial charge in [-0.25, -0.2) is 0 Å². The number of aryl methyl sites for hydroxylation is 1. The molecule has 194 valence electrons. The second-order valence-electron chi connectivity index (χ2n) is 9.94. The first kappa shape index (κ1) is 24.7. The number of carbonyl (C=O) groups is 2. The Morgan fingerprint density at radius 1 is 1.05 bits per heavy atom. The van der Waals surface area contributed by atoms with Crippen LogP contribution in [0.25, 0.3) is 10.9 Å². The summed E-state index contributed by atoms with van der Waals surface area (Å²) in [5.74, 6) is 0.966. The van der Waals surface area contributed by atoms with Crippen molar-refractivity contribution in [2.75, 3.05) is 33.2 Å². The Morgan fingerprint density at radius 3 is 2.46 bits per heavy atom. The number of amides is 2. The van der Waals surface area contributed by atoms with Gasteiger partial charge in [0.05, 0.1) is 39.0 Å². The number of carbonyl (C=O) groups excluding carboxylic acids is 2. The smallest absolute Gasteiger partial charge is 0.259 e. The molecule has 2 aliphatic heterocycles. The van der Waals surface area contributed by atoms with Gasteiger partial charge in [0.25, 0.3) is 5.91 Å². The van der Waals surface area contributed by atoms with E-state index in [1.807, 2.05) is 24.3 Å². The predicted molar refractivity (Wildman–Crippen MR) is 142 cm³/mol. The van der Waals surface area contributed by atoms with Crippen molar-refractivity contribution in [3.8, 4) is 17.2 Å². The van der Waals surface area contributed by atoms with E-state index in [0.29, 0.717) is 28.7 Å². The second-order valence-corrected chi connectivity index (χ2v) is 9.94. The number of benzene rings is 2. The van der Waals surface area contributed by atoms with E-state index in [9.17, 15) is 9.59 Å². The largest absolute Gasteiger partial charge is 0.493 e. The minimum absolute atomic E-state index is 0.198. The fraction of sp³-hybridized carbons (Fsp3) is 0.379. The molecule has 2 aromatic carbocycles. The minimum atomic E-state index is -0.486. The van der Waals surface area contributed by atoms with E-state index >= 15 is 0 Å². The number of imide groups is 1. The molecule has 1 unspecified atom stereocenters. The maximum atomic E-state index is 13.8. The Bertz CT molecular complexity index is 1440. The van der Waals surface area contributed by atoms with Gasteiger partial charge in [-0.15, -0.1) is 0 Å². The van der Waals surface area contributed by atoms with Crippen LogP contribution in [0.1, 0.15) is 44.2 Å². The number of hydrogen-bond donors (Lipinski definition) is 1. The highest BCUT2D eigenvalue weighted by Crippen LogP contribution is 2.51. The zero-order valence-electron chi connectivity index (χ0n) is 22.2. The third-order valence-electron chi connectivity index (χ3n) is 7.31. The third kappa shape index (κ3) is 3.91. The molecule has 8 heteroatoms. The number of nitrogens with one attached hydrogen (secondary N) is 1. The Balaban J connectivity index is 1.82. The summed E-state index contributed by atoms with van der Waals surface area (Å²) in [6, 6.07) is 9.92. The molecule has 1 N–H and O–H groups in total. The van der Waals surface area contributed by atoms with Crippen molar-refractivity contribution in [1.82, 2.24) is 9.47 Å². The summed E-state index contributed by atoms with van der Waals surface area (Å²) in [5.41, 5.74) is 5.04. The van der Waals surface area contributed by atoms with Crippen molar-refractivity contribution < 1.29 is 23.8 Å². The summed E-state index contributed by atoms with van der Waals surface area (Å²) in [6.07, 6.45) is 3.18. The summed E-state index contributed by atoms with van der Waals surface area (Å²) in [6.45, 7) is 6.90. The fourth-order valence-electron chi connectivity index (χ4n) is 5.53. The van der Waals surface area contributed by atoms with E-state index in [0.717, 1.165) is 46.4 Å². The maximum absolute atomic E-state index is 13.8. The van der Waals surface area contributed by atoms with Gasteiger partial charge in [0, 0.05) is 47.9 Å². The maximum Gasteiger partial charge on any atom is 0.259 e. The van der Waals surface area contributed by atoms with Crippen LogP contribution in [0.15, 0.2) is 47.8 Å². The summed E-state index contributed by atoms with van der Waals surface area (Å²) >= 11 is 0. The lowest BCUT2D eigenvalue weighted by molar-refractivity contribution is -0.139. The Hall–Kier alpha value is -3.94. The zero-order chi connectivity index (χ0) is 26.4. The molecule has 1 atom stereocenters. The van der Waals surface area contributed by atoms with Gasteiger partial charge >= 0.3 is 0 Å². The van der Waals surface area contributed by atoms with E-state index in [1.165, 1.54) is 11.8 Å². The molecule has 3 aromatic rings. The van der Waals surface area contributed by atoms with Crippen LogP contribution in [0, 0.1) is 5.92 Å². The summed E-state index contributed by atoms with van der Waals surface area (Å²) < 4.78 is 19.4. The Labute approximate surface area is 216 Å². The van der Waals surface area contributed by atoms with E-state index in [2.05, 4.69) is 36.0 Å². The molecule has 37 heavy (non-hydrogen) atoms. The predicted octanol–water partition coefficient (Wildman–Crippen LogP) is 4.91. The molecule has 0 aliphatic carbocycles. The highest BCUT2D eigenvalue weighted by molar-refractivity contribution is 6.11. The van der Waals surface area contributed by atoms with E-state index < -0.39 is 5.92 Å². The van der Waals surface area contributed by atoms with Crippen LogP contribution in [-0.4, -0.2) is 49.2 Å². The molecule has 0 radical (unpaired) electrons. The quantitative estimate of drug-likeness (QED) is 0.493. The van der Waals surface area contributed by atoms with Crippen molar-refractivity contribution in [1.29, 1.82) is 0 Å². The molecule has 1 aromatic heterocycles. The van der Waals surface area contributed by atoms with Crippen LogP contribution in [0.2, 0.25) is 0 Å². The van der Waals surface area contributed by atoms with Crippen LogP contribution in [0.4, 0.5) is 5.69 Å². The summed E-state index contributed by atoms with van der Waals surface area (Å²) in [5, 5.41) is 4.58. The molecular formula is C29H33N3O5. The molecule has 5 rings (SSSR count). The molecule has 3 heterocycles. The van der Waals surface area contributed by atoms with Crippen LogP contribution < -0.4 is 19.5 Å². The van der Waals surface area contributed by atoms with Gasteiger partial charge < -0.3 is 24.1 Å². The second kappa shape index (κ2) is 9.50. The molecule has 0 fully saturated rings. The van der Waals surface area contributed by atoms with Crippen molar-refractivity contribution in [3.05, 3.63) is 58.9 Å². The number of nitrogens with zero attached hydrogens (tertiary/aromatic N) is 2. The van der Waals surface area contributed by atoms with Crippen LogP contribution >= 0.6 is 0 Å². The van der Waals surface area contributed by atoms with Gasteiger partial charge in [0.1, 0.15) is 0 Å². The Kier molecular flexibility index (Phi) is 6.35. The van der Waals surface area contributed by atoms with E-state index in [1.54, 1.807) is 21.3 Å². The van der Waals surface area contributed by atoms with Crippen LogP contribution in [0.5, 0.6) is 17.2 Å². The lowest BCUT2D eigenvalue weighted by Gasteiger charge is -2.23. The van der Waals surface area contributed by atoms with Gasteiger partial charge in [-0.3, -0.25) is 14.5 Å². The number of ether oxygens (including phenoxy) is 3. The number of hydrogen-bond acceptors (Lipinski definition) is 6. The minimum Gasteiger partial charge on any atom is -0.493 e. The average Bonchev–Trinajstić information content (AvgIpc) is 3.36. The molecular weight excluding hydrogens is 470 g/mol. The van der Waals surface area contributed by atoms with Crippen molar-refractivity contribution in [2.24, 2.45) is 5.92 Å². The number of methoxy groups -OCH3 is 3. The van der Waals surface area contributed by atoms with E-state index in [4.69, 9.17) is 14.2 Å². The SMILES string of the molecule is COc1ccc(C2C3=C(CN(C(C)=O)C3=O)Nc3cccc4c3c2cn4CCC(C)C)c(OC)c1OC. The molecule has 0 saturated heterocycles. The highest BCUT2D eigenvalue weighted by atomic mass is 16.5. The first-order valence-corrected chi connectivity index (χ1v) is 12.5. The lowest BCUT2D eigenvalue weighted by atomic mass is 9.83. The van der Waals surface area contributed by atoms with Crippen molar-refractivity contribution >= 4 is 28.4 Å². The fourth-order valence-corrected chi connectivity index (χ4v) is 5.53. The topological polar surface area (TPSA) is 82.0 Å². The summed E-state index contributed by atoms with van der Waals surface area (Å²) in [4.78, 5) is 27.5. The van der Waals surface area contributed by atoms with Crippen molar-refractivity contribution in [2.45, 2.75) is 39.7 Å². The first-order valence-electron chi connectivity index (χ1n) is 12.5. The van der Waals surface area contributed by atoms with Gasteiger partial charge in [-0.2, -0.15) is 0 Å². The van der Waals surface area contributed by atoms with Gasteiger partial charge in [-0.1, -0.05) is 26.0 Å². The van der Waals surface area contributed by atoms with E-state index in [-0.39, 0.29) is 18.4 Å². The molecule has 2 aliphatic rings. The number of anilines is 1. The normalized spacial score (nSPS) is 16.7. The molecule has 0 spiro atoms. The molecule has 8 nitrogen and oxygen atoms in total. The van der Waals surface area contributed by atoms with Gasteiger partial charge in [-0.05, 0) is 36.1 Å². The highest BCUT2D eigenvalue weighted by Gasteiger charge is 2.43.